The molecule has 0 amide bonds. The van der Waals surface area contributed by atoms with E-state index < -0.39 is 10.0 Å². The van der Waals surface area contributed by atoms with Crippen LogP contribution in [0.4, 0.5) is 0 Å². The first-order valence-electron chi connectivity index (χ1n) is 6.83. The van der Waals surface area contributed by atoms with E-state index in [1.54, 1.807) is 23.9 Å². The molecule has 0 aliphatic carbocycles. The van der Waals surface area contributed by atoms with Gasteiger partial charge in [0.15, 0.2) is 0 Å². The minimum Gasteiger partial charge on any atom is -0.381 e. The van der Waals surface area contributed by atoms with Crippen LogP contribution >= 0.6 is 11.8 Å². The summed E-state index contributed by atoms with van der Waals surface area (Å²) >= 11 is 1.60. The van der Waals surface area contributed by atoms with Gasteiger partial charge in [-0.1, -0.05) is 0 Å². The Morgan fingerprint density at radius 1 is 1.35 bits per heavy atom. The number of rotatable bonds is 6. The third kappa shape index (κ3) is 4.48. The van der Waals surface area contributed by atoms with E-state index in [-0.39, 0.29) is 0 Å². The maximum absolute atomic E-state index is 12.1. The first-order valence-corrected chi connectivity index (χ1v) is 9.54. The zero-order chi connectivity index (χ0) is 14.4. The van der Waals surface area contributed by atoms with E-state index in [0.29, 0.717) is 17.4 Å². The van der Waals surface area contributed by atoms with Gasteiger partial charge in [-0.05, 0) is 55.7 Å². The van der Waals surface area contributed by atoms with E-state index in [2.05, 4.69) is 4.72 Å². The van der Waals surface area contributed by atoms with Crippen molar-refractivity contribution >= 4 is 21.8 Å². The number of hydrogen-bond acceptors (Lipinski definition) is 4. The Morgan fingerprint density at radius 2 is 2.10 bits per heavy atom. The molecule has 6 heteroatoms. The summed E-state index contributed by atoms with van der Waals surface area (Å²) in [6, 6.07) is 6.96. The van der Waals surface area contributed by atoms with Crippen LogP contribution in [0.2, 0.25) is 0 Å². The maximum Gasteiger partial charge on any atom is 0.240 e. The van der Waals surface area contributed by atoms with Gasteiger partial charge in [0, 0.05) is 24.7 Å². The SMILES string of the molecule is CSc1ccc(S(=O)(=O)NCC[C@@H]2CCCOC2)cc1. The average molecular weight is 315 g/mol. The number of ether oxygens (including phenoxy) is 1. The monoisotopic (exact) mass is 315 g/mol. The fraction of sp³-hybridized carbons (Fsp3) is 0.571. The Bertz CT molecular complexity index is 508. The Kier molecular flexibility index (Phi) is 5.89. The fourth-order valence-corrected chi connectivity index (χ4v) is 3.73. The standard InChI is InChI=1S/C14H21NO3S2/c1-19-13-4-6-14(7-5-13)20(16,17)15-9-8-12-3-2-10-18-11-12/h4-7,12,15H,2-3,8-11H2,1H3/t12-/m0/s1. The summed E-state index contributed by atoms with van der Waals surface area (Å²) in [5.74, 6) is 0.477. The molecule has 0 radical (unpaired) electrons. The lowest BCUT2D eigenvalue weighted by Crippen LogP contribution is -2.28. The van der Waals surface area contributed by atoms with Crippen LogP contribution in [0, 0.1) is 5.92 Å². The van der Waals surface area contributed by atoms with E-state index in [4.69, 9.17) is 4.74 Å². The molecule has 1 aromatic carbocycles. The number of hydrogen-bond donors (Lipinski definition) is 1. The predicted molar refractivity (Wildman–Crippen MR) is 81.6 cm³/mol. The maximum atomic E-state index is 12.1. The molecule has 1 heterocycles. The molecule has 0 saturated carbocycles. The van der Waals surface area contributed by atoms with Crippen LogP contribution in [0.5, 0.6) is 0 Å². The first-order chi connectivity index (χ1) is 9.62. The number of nitrogens with one attached hydrogen (secondary N) is 1. The molecule has 0 aromatic heterocycles. The summed E-state index contributed by atoms with van der Waals surface area (Å²) in [6.45, 7) is 2.06. The van der Waals surface area contributed by atoms with Gasteiger partial charge < -0.3 is 4.74 Å². The van der Waals surface area contributed by atoms with Gasteiger partial charge in [0.1, 0.15) is 0 Å². The quantitative estimate of drug-likeness (QED) is 0.820. The first kappa shape index (κ1) is 15.8. The Morgan fingerprint density at radius 3 is 2.70 bits per heavy atom. The van der Waals surface area contributed by atoms with E-state index in [0.717, 1.165) is 37.4 Å². The summed E-state index contributed by atoms with van der Waals surface area (Å²) in [6.07, 6.45) is 5.01. The Balaban J connectivity index is 1.86. The highest BCUT2D eigenvalue weighted by Gasteiger charge is 2.17. The molecule has 1 aromatic rings. The molecule has 0 spiro atoms. The van der Waals surface area contributed by atoms with Crippen LogP contribution in [0.25, 0.3) is 0 Å². The van der Waals surface area contributed by atoms with E-state index in [1.807, 2.05) is 18.4 Å². The summed E-state index contributed by atoms with van der Waals surface area (Å²) in [7, 11) is -3.39. The fourth-order valence-electron chi connectivity index (χ4n) is 2.27. The molecule has 1 aliphatic rings. The molecular weight excluding hydrogens is 294 g/mol. The van der Waals surface area contributed by atoms with Crippen molar-refractivity contribution in [2.45, 2.75) is 29.1 Å². The van der Waals surface area contributed by atoms with E-state index in [9.17, 15) is 8.42 Å². The Hall–Kier alpha value is -0.560. The highest BCUT2D eigenvalue weighted by molar-refractivity contribution is 7.98. The summed E-state index contributed by atoms with van der Waals surface area (Å²) in [5.41, 5.74) is 0. The zero-order valence-corrected chi connectivity index (χ0v) is 13.3. The van der Waals surface area contributed by atoms with Crippen molar-refractivity contribution in [1.82, 2.24) is 4.72 Å². The Labute approximate surface area is 125 Å². The number of sulfonamides is 1. The minimum absolute atomic E-state index is 0.329. The van der Waals surface area contributed by atoms with Gasteiger partial charge in [-0.15, -0.1) is 11.8 Å². The average Bonchev–Trinajstić information content (AvgIpc) is 2.48. The van der Waals surface area contributed by atoms with Crippen molar-refractivity contribution in [3.63, 3.8) is 0 Å². The highest BCUT2D eigenvalue weighted by atomic mass is 32.2. The molecular formula is C14H21NO3S2. The molecule has 1 saturated heterocycles. The van der Waals surface area contributed by atoms with Crippen LogP contribution in [-0.4, -0.2) is 34.4 Å². The lowest BCUT2D eigenvalue weighted by Gasteiger charge is -2.21. The van der Waals surface area contributed by atoms with Crippen molar-refractivity contribution in [3.8, 4) is 0 Å². The highest BCUT2D eigenvalue weighted by Crippen LogP contribution is 2.19. The van der Waals surface area contributed by atoms with Gasteiger partial charge in [-0.2, -0.15) is 0 Å². The minimum atomic E-state index is -3.39. The molecule has 1 aliphatic heterocycles. The number of benzene rings is 1. The molecule has 20 heavy (non-hydrogen) atoms. The zero-order valence-electron chi connectivity index (χ0n) is 11.7. The van der Waals surface area contributed by atoms with Crippen molar-refractivity contribution in [2.75, 3.05) is 26.0 Å². The van der Waals surface area contributed by atoms with Gasteiger partial charge in [-0.3, -0.25) is 0 Å². The van der Waals surface area contributed by atoms with Crippen LogP contribution in [0.1, 0.15) is 19.3 Å². The van der Waals surface area contributed by atoms with Gasteiger partial charge in [0.2, 0.25) is 10.0 Å². The van der Waals surface area contributed by atoms with Crippen LogP contribution in [0.15, 0.2) is 34.1 Å². The molecule has 1 atom stereocenters. The van der Waals surface area contributed by atoms with Crippen molar-refractivity contribution in [2.24, 2.45) is 5.92 Å². The van der Waals surface area contributed by atoms with Crippen LogP contribution in [-0.2, 0) is 14.8 Å². The van der Waals surface area contributed by atoms with Crippen LogP contribution in [0.3, 0.4) is 0 Å². The van der Waals surface area contributed by atoms with Crippen molar-refractivity contribution in [1.29, 1.82) is 0 Å². The van der Waals surface area contributed by atoms with Crippen molar-refractivity contribution in [3.05, 3.63) is 24.3 Å². The van der Waals surface area contributed by atoms with Crippen LogP contribution < -0.4 is 4.72 Å². The van der Waals surface area contributed by atoms with Gasteiger partial charge in [-0.25, -0.2) is 13.1 Å². The number of thioether (sulfide) groups is 1. The third-order valence-corrected chi connectivity index (χ3v) is 5.69. The molecule has 4 nitrogen and oxygen atoms in total. The second-order valence-electron chi connectivity index (χ2n) is 4.95. The van der Waals surface area contributed by atoms with Gasteiger partial charge in [0.25, 0.3) is 0 Å². The van der Waals surface area contributed by atoms with Gasteiger partial charge >= 0.3 is 0 Å². The molecule has 112 valence electrons. The second kappa shape index (κ2) is 7.45. The summed E-state index contributed by atoms with van der Waals surface area (Å²) in [5, 5.41) is 0. The van der Waals surface area contributed by atoms with E-state index >= 15 is 0 Å². The molecule has 2 rings (SSSR count). The molecule has 0 unspecified atom stereocenters. The molecule has 1 N–H and O–H groups in total. The topological polar surface area (TPSA) is 55.4 Å². The smallest absolute Gasteiger partial charge is 0.240 e. The van der Waals surface area contributed by atoms with Crippen molar-refractivity contribution < 1.29 is 13.2 Å². The third-order valence-electron chi connectivity index (χ3n) is 3.47. The molecule has 1 fully saturated rings. The van der Waals surface area contributed by atoms with Gasteiger partial charge in [0.05, 0.1) is 4.90 Å². The normalized spacial score (nSPS) is 19.9. The molecule has 0 bridgehead atoms. The second-order valence-corrected chi connectivity index (χ2v) is 7.59. The lowest BCUT2D eigenvalue weighted by molar-refractivity contribution is 0.0523. The van der Waals surface area contributed by atoms with E-state index in [1.165, 1.54) is 0 Å². The largest absolute Gasteiger partial charge is 0.381 e. The summed E-state index contributed by atoms with van der Waals surface area (Å²) < 4.78 is 32.3. The lowest BCUT2D eigenvalue weighted by atomic mass is 9.99. The summed E-state index contributed by atoms with van der Waals surface area (Å²) in [4.78, 5) is 1.39. The predicted octanol–water partition coefficient (Wildman–Crippen LogP) is 2.50.